The van der Waals surface area contributed by atoms with Crippen LogP contribution in [-0.2, 0) is 16.0 Å². The molecule has 0 bridgehead atoms. The molecule has 1 aromatic carbocycles. The van der Waals surface area contributed by atoms with Gasteiger partial charge in [0.05, 0.1) is 38.1 Å². The molecule has 8 nitrogen and oxygen atoms in total. The highest BCUT2D eigenvalue weighted by Crippen LogP contribution is 2.22. The van der Waals surface area contributed by atoms with Crippen molar-refractivity contribution in [3.63, 3.8) is 0 Å². The molecular formula is C20H26N4O4. The Hall–Kier alpha value is -2.87. The summed E-state index contributed by atoms with van der Waals surface area (Å²) < 4.78 is 10.7. The number of nitrogens with zero attached hydrogens (tertiary/aromatic N) is 2. The predicted octanol–water partition coefficient (Wildman–Crippen LogP) is 2.16. The first-order chi connectivity index (χ1) is 13.5. The van der Waals surface area contributed by atoms with Crippen LogP contribution in [0.2, 0.25) is 0 Å². The average molecular weight is 386 g/mol. The largest absolute Gasteiger partial charge is 0.497 e. The number of methoxy groups -OCH3 is 1. The van der Waals surface area contributed by atoms with E-state index < -0.39 is 0 Å². The Kier molecular flexibility index (Phi) is 6.30. The molecule has 1 atom stereocenters. The van der Waals surface area contributed by atoms with E-state index in [-0.39, 0.29) is 24.3 Å². The number of aryl methyl sites for hydroxylation is 2. The Bertz CT molecular complexity index is 848. The van der Waals surface area contributed by atoms with Crippen molar-refractivity contribution in [3.8, 4) is 5.75 Å². The molecule has 28 heavy (non-hydrogen) atoms. The van der Waals surface area contributed by atoms with Gasteiger partial charge in [-0.3, -0.25) is 14.7 Å². The van der Waals surface area contributed by atoms with Crippen LogP contribution in [0.15, 0.2) is 24.4 Å². The fourth-order valence-corrected chi connectivity index (χ4v) is 3.33. The highest BCUT2D eigenvalue weighted by molar-refractivity contribution is 5.96. The molecule has 2 N–H and O–H groups in total. The van der Waals surface area contributed by atoms with Gasteiger partial charge in [-0.15, -0.1) is 0 Å². The average Bonchev–Trinajstić information content (AvgIpc) is 3.18. The van der Waals surface area contributed by atoms with E-state index >= 15 is 0 Å². The number of hydrogen-bond acceptors (Lipinski definition) is 5. The summed E-state index contributed by atoms with van der Waals surface area (Å²) in [6.45, 7) is 5.11. The van der Waals surface area contributed by atoms with Crippen LogP contribution in [0.1, 0.15) is 35.0 Å². The van der Waals surface area contributed by atoms with Crippen molar-refractivity contribution < 1.29 is 19.1 Å². The zero-order valence-electron chi connectivity index (χ0n) is 16.4. The van der Waals surface area contributed by atoms with Crippen LogP contribution < -0.4 is 10.1 Å². The Morgan fingerprint density at radius 3 is 2.96 bits per heavy atom. The SMILES string of the molecule is CCc1[nH]ncc1C(=O)N1CCOC[C@@H]1CC(=O)Nc1ccc(OC)cc1C. The van der Waals surface area contributed by atoms with Crippen LogP contribution in [0, 0.1) is 6.92 Å². The third-order valence-corrected chi connectivity index (χ3v) is 4.92. The van der Waals surface area contributed by atoms with E-state index in [0.717, 1.165) is 22.7 Å². The van der Waals surface area contributed by atoms with Gasteiger partial charge in [-0.2, -0.15) is 5.10 Å². The number of ether oxygens (including phenoxy) is 2. The molecule has 1 fully saturated rings. The van der Waals surface area contributed by atoms with E-state index in [4.69, 9.17) is 9.47 Å². The lowest BCUT2D eigenvalue weighted by Gasteiger charge is -2.35. The quantitative estimate of drug-likeness (QED) is 0.793. The highest BCUT2D eigenvalue weighted by Gasteiger charge is 2.31. The lowest BCUT2D eigenvalue weighted by molar-refractivity contribution is -0.118. The number of nitrogens with one attached hydrogen (secondary N) is 2. The Morgan fingerprint density at radius 2 is 2.25 bits per heavy atom. The van der Waals surface area contributed by atoms with Crippen LogP contribution in [0.25, 0.3) is 0 Å². The topological polar surface area (TPSA) is 96.5 Å². The standard InChI is InChI=1S/C20H26N4O4/c1-4-17-16(11-21-23-17)20(26)24-7-8-28-12-14(24)10-19(25)22-18-6-5-15(27-3)9-13(18)2/h5-6,9,11,14H,4,7-8,10,12H2,1-3H3,(H,21,23)(H,22,25)/t14-/m0/s1. The second-order valence-corrected chi connectivity index (χ2v) is 6.78. The number of amides is 2. The monoisotopic (exact) mass is 386 g/mol. The molecule has 0 spiro atoms. The fraction of sp³-hybridized carbons (Fsp3) is 0.450. The fourth-order valence-electron chi connectivity index (χ4n) is 3.33. The highest BCUT2D eigenvalue weighted by atomic mass is 16.5. The number of anilines is 1. The zero-order chi connectivity index (χ0) is 20.1. The third kappa shape index (κ3) is 4.33. The maximum absolute atomic E-state index is 13.0. The summed E-state index contributed by atoms with van der Waals surface area (Å²) >= 11 is 0. The van der Waals surface area contributed by atoms with Crippen LogP contribution >= 0.6 is 0 Å². The van der Waals surface area contributed by atoms with Crippen molar-refractivity contribution in [2.45, 2.75) is 32.7 Å². The summed E-state index contributed by atoms with van der Waals surface area (Å²) in [5, 5.41) is 9.76. The van der Waals surface area contributed by atoms with Crippen molar-refractivity contribution in [2.24, 2.45) is 0 Å². The van der Waals surface area contributed by atoms with E-state index in [0.29, 0.717) is 31.7 Å². The summed E-state index contributed by atoms with van der Waals surface area (Å²) in [6.07, 6.45) is 2.40. The van der Waals surface area contributed by atoms with Gasteiger partial charge >= 0.3 is 0 Å². The van der Waals surface area contributed by atoms with Crippen molar-refractivity contribution in [2.75, 3.05) is 32.2 Å². The van der Waals surface area contributed by atoms with Gasteiger partial charge in [-0.05, 0) is 37.1 Å². The van der Waals surface area contributed by atoms with E-state index in [1.165, 1.54) is 0 Å². The first-order valence-corrected chi connectivity index (χ1v) is 9.39. The molecular weight excluding hydrogens is 360 g/mol. The van der Waals surface area contributed by atoms with Gasteiger partial charge in [0, 0.05) is 24.3 Å². The smallest absolute Gasteiger partial charge is 0.257 e. The Labute approximate surface area is 164 Å². The van der Waals surface area contributed by atoms with Gasteiger partial charge in [0.15, 0.2) is 0 Å². The maximum atomic E-state index is 13.0. The second kappa shape index (κ2) is 8.88. The molecule has 1 aromatic heterocycles. The Balaban J connectivity index is 1.69. The lowest BCUT2D eigenvalue weighted by atomic mass is 10.1. The van der Waals surface area contributed by atoms with E-state index in [2.05, 4.69) is 15.5 Å². The molecule has 8 heteroatoms. The van der Waals surface area contributed by atoms with E-state index in [1.807, 2.05) is 26.0 Å². The lowest BCUT2D eigenvalue weighted by Crippen LogP contribution is -2.50. The minimum atomic E-state index is -0.320. The summed E-state index contributed by atoms with van der Waals surface area (Å²) in [4.78, 5) is 27.3. The molecule has 0 unspecified atom stereocenters. The summed E-state index contributed by atoms with van der Waals surface area (Å²) in [5.41, 5.74) is 2.99. The van der Waals surface area contributed by atoms with Crippen LogP contribution in [-0.4, -0.2) is 59.8 Å². The predicted molar refractivity (Wildman–Crippen MR) is 105 cm³/mol. The van der Waals surface area contributed by atoms with Crippen LogP contribution in [0.4, 0.5) is 5.69 Å². The number of hydrogen-bond donors (Lipinski definition) is 2. The van der Waals surface area contributed by atoms with Crippen LogP contribution in [0.3, 0.4) is 0 Å². The van der Waals surface area contributed by atoms with Crippen LogP contribution in [0.5, 0.6) is 5.75 Å². The molecule has 2 aromatic rings. The summed E-state index contributed by atoms with van der Waals surface area (Å²) in [5.74, 6) is 0.455. The van der Waals surface area contributed by atoms with Crippen molar-refractivity contribution >= 4 is 17.5 Å². The summed E-state index contributed by atoms with van der Waals surface area (Å²) in [6, 6.07) is 5.15. The number of aromatic nitrogens is 2. The molecule has 1 aliphatic heterocycles. The number of rotatable bonds is 6. The number of benzene rings is 1. The molecule has 0 radical (unpaired) electrons. The van der Waals surface area contributed by atoms with Gasteiger partial charge in [0.1, 0.15) is 5.75 Å². The first kappa shape index (κ1) is 19.9. The molecule has 2 amide bonds. The van der Waals surface area contributed by atoms with Crippen molar-refractivity contribution in [1.29, 1.82) is 0 Å². The number of aromatic amines is 1. The minimum Gasteiger partial charge on any atom is -0.497 e. The zero-order valence-corrected chi connectivity index (χ0v) is 16.4. The van der Waals surface area contributed by atoms with Gasteiger partial charge in [-0.25, -0.2) is 0 Å². The molecule has 1 saturated heterocycles. The molecule has 0 aliphatic carbocycles. The first-order valence-electron chi connectivity index (χ1n) is 9.39. The molecule has 1 aliphatic rings. The summed E-state index contributed by atoms with van der Waals surface area (Å²) in [7, 11) is 1.60. The normalized spacial score (nSPS) is 16.7. The number of carbonyl (C=O) groups excluding carboxylic acids is 2. The third-order valence-electron chi connectivity index (χ3n) is 4.92. The van der Waals surface area contributed by atoms with Crippen molar-refractivity contribution in [1.82, 2.24) is 15.1 Å². The van der Waals surface area contributed by atoms with Gasteiger partial charge in [0.2, 0.25) is 5.91 Å². The maximum Gasteiger partial charge on any atom is 0.257 e. The number of H-pyrrole nitrogens is 1. The minimum absolute atomic E-state index is 0.118. The van der Waals surface area contributed by atoms with E-state index in [1.54, 1.807) is 24.3 Å². The number of carbonyl (C=O) groups is 2. The van der Waals surface area contributed by atoms with Gasteiger partial charge in [0.25, 0.3) is 5.91 Å². The van der Waals surface area contributed by atoms with Gasteiger partial charge < -0.3 is 19.7 Å². The Morgan fingerprint density at radius 1 is 1.43 bits per heavy atom. The molecule has 3 rings (SSSR count). The second-order valence-electron chi connectivity index (χ2n) is 6.78. The number of morpholine rings is 1. The van der Waals surface area contributed by atoms with Crippen molar-refractivity contribution in [3.05, 3.63) is 41.2 Å². The van der Waals surface area contributed by atoms with E-state index in [9.17, 15) is 9.59 Å². The van der Waals surface area contributed by atoms with Gasteiger partial charge in [-0.1, -0.05) is 6.92 Å². The molecule has 0 saturated carbocycles. The molecule has 2 heterocycles. The molecule has 150 valence electrons.